The number of cyclic esters (lactones) is 2. The molecule has 35 nitrogen and oxygen atoms in total. The lowest BCUT2D eigenvalue weighted by atomic mass is 9.78. The number of fused-ring (bicyclic) bond motifs is 6. The largest absolute Gasteiger partial charge is 0.479 e. The zero-order valence-corrected chi connectivity index (χ0v) is 88.2. The Morgan fingerprint density at radius 3 is 1.22 bits per heavy atom. The third-order valence-electron chi connectivity index (χ3n) is 29.9. The van der Waals surface area contributed by atoms with Crippen molar-refractivity contribution in [2.45, 2.75) is 380 Å². The number of esters is 2. The molecule has 816 valence electrons. The van der Waals surface area contributed by atoms with Gasteiger partial charge in [-0.2, -0.15) is 0 Å². The molecule has 0 spiro atoms. The SMILES string of the molecule is C.CO[C@H]1C[C@@H]2CC[C@@H](C)[C@@](O)(O2)C(=O)C(=O)N2CCCC[C@H]2C(=O)O[C@H]([C@H](C)C[C@@H]2CC[C@@H](O)[C@H](OC)C2)C[C@@H](O)[C@H](C)/C=C(\C)[C@@H](O)[C@@H](OC)C(=NOCC(=O)O)[C@H](C)C[C@H](C)/C=C/C=C/C=C/1C.CO[C@H]1C[C@@H]2CC[C@@H](C)[C@@](O)(O2)C(=O)C(=O)N2CCCC[C@H]2C(=O)O[C@H]([C@H](C)C[C@@H]2CC[C@@H](O)[C@H](OC)C2)C[C@@H](O)[C@H](C)/C=C(\C)[C@@H](O)[C@@H](OC)C(=O)[C@H](C)C[C@H](C)/C=C/C=C/C=C/1C.Cl.NOCC(=O)O. The van der Waals surface area contributed by atoms with Gasteiger partial charge in [-0.25, -0.2) is 25.1 Å². The van der Waals surface area contributed by atoms with Gasteiger partial charge in [0.25, 0.3) is 23.4 Å². The van der Waals surface area contributed by atoms with Crippen LogP contribution in [0.5, 0.6) is 0 Å². The van der Waals surface area contributed by atoms with Crippen molar-refractivity contribution in [2.24, 2.45) is 82.1 Å². The zero-order chi connectivity index (χ0) is 105. The van der Waals surface area contributed by atoms with Gasteiger partial charge in [0.15, 0.2) is 12.4 Å². The van der Waals surface area contributed by atoms with Crippen LogP contribution in [0.1, 0.15) is 258 Å². The van der Waals surface area contributed by atoms with E-state index in [0.717, 1.165) is 24.0 Å². The summed E-state index contributed by atoms with van der Waals surface area (Å²) in [7, 11) is 9.11. The molecule has 143 heavy (non-hydrogen) atoms. The summed E-state index contributed by atoms with van der Waals surface area (Å²) < 4.78 is 59.3. The Bertz CT molecular complexity index is 4270. The number of hydrogen-bond acceptors (Lipinski definition) is 31. The number of carboxylic acids is 2. The lowest BCUT2D eigenvalue weighted by Gasteiger charge is -2.43. The Kier molecular flexibility index (Phi) is 56.4. The summed E-state index contributed by atoms with van der Waals surface area (Å²) in [5.41, 5.74) is 2.94. The molecular formula is C107H175ClN4O31. The number of hydrogen-bond donors (Lipinski definition) is 11. The van der Waals surface area contributed by atoms with Crippen LogP contribution in [0, 0.1) is 71.0 Å². The molecule has 0 unspecified atom stereocenters. The van der Waals surface area contributed by atoms with E-state index in [1.807, 2.05) is 116 Å². The quantitative estimate of drug-likeness (QED) is 0.0279. The maximum Gasteiger partial charge on any atom is 0.344 e. The number of nitrogens with zero attached hydrogens (tertiary/aromatic N) is 3. The van der Waals surface area contributed by atoms with E-state index in [2.05, 4.69) is 15.9 Å². The summed E-state index contributed by atoms with van der Waals surface area (Å²) in [6, 6.07) is -2.25. The Balaban J connectivity index is 0.000000557. The van der Waals surface area contributed by atoms with Crippen LogP contribution >= 0.6 is 12.4 Å². The van der Waals surface area contributed by atoms with Crippen molar-refractivity contribution < 1.29 is 151 Å². The second kappa shape index (κ2) is 62.9. The maximum atomic E-state index is 14.5. The second-order valence-electron chi connectivity index (χ2n) is 41.1. The Morgan fingerprint density at radius 1 is 0.469 bits per heavy atom. The molecule has 2 saturated carbocycles. The van der Waals surface area contributed by atoms with Gasteiger partial charge in [0.2, 0.25) is 18.2 Å². The molecule has 0 aromatic carbocycles. The van der Waals surface area contributed by atoms with Crippen molar-refractivity contribution in [1.82, 2.24) is 9.80 Å². The summed E-state index contributed by atoms with van der Waals surface area (Å²) in [4.78, 5) is 132. The van der Waals surface area contributed by atoms with E-state index >= 15 is 0 Å². The lowest BCUT2D eigenvalue weighted by molar-refractivity contribution is -0.265. The number of aliphatic hydroxyl groups excluding tert-OH is 6. The first-order valence-electron chi connectivity index (χ1n) is 50.7. The number of carboxylic acid groups (broad SMARTS) is 2. The van der Waals surface area contributed by atoms with Crippen LogP contribution < -0.4 is 5.90 Å². The first-order valence-corrected chi connectivity index (χ1v) is 50.7. The van der Waals surface area contributed by atoms with Gasteiger partial charge in [0.1, 0.15) is 48.7 Å². The van der Waals surface area contributed by atoms with Crippen LogP contribution in [-0.4, -0.2) is 310 Å². The van der Waals surface area contributed by atoms with E-state index in [0.29, 0.717) is 132 Å². The number of ether oxygens (including phenoxy) is 10. The smallest absolute Gasteiger partial charge is 0.344 e. The lowest BCUT2D eigenvalue weighted by Crippen LogP contribution is -2.61. The van der Waals surface area contributed by atoms with Crippen LogP contribution in [-0.2, 0) is 100 Å². The number of allylic oxidation sites excluding steroid dienone is 10. The monoisotopic (exact) mass is 2050 g/mol. The Labute approximate surface area is 853 Å². The molecule has 4 bridgehead atoms. The summed E-state index contributed by atoms with van der Waals surface area (Å²) in [5.74, 6) is -12.4. The van der Waals surface area contributed by atoms with Gasteiger partial charge in [-0.3, -0.25) is 28.8 Å². The zero-order valence-electron chi connectivity index (χ0n) is 87.4. The van der Waals surface area contributed by atoms with Gasteiger partial charge < -0.3 is 113 Å². The van der Waals surface area contributed by atoms with Crippen molar-refractivity contribution in [3.05, 3.63) is 95.2 Å². The molecule has 6 aliphatic heterocycles. The van der Waals surface area contributed by atoms with Crippen molar-refractivity contribution in [3.63, 3.8) is 0 Å². The van der Waals surface area contributed by atoms with Crippen LogP contribution in [0.15, 0.2) is 100 Å². The number of carbonyl (C=O) groups excluding carboxylic acids is 7. The molecule has 0 aromatic rings. The van der Waals surface area contributed by atoms with Gasteiger partial charge in [-0.15, -0.1) is 12.4 Å². The van der Waals surface area contributed by atoms with Crippen LogP contribution in [0.25, 0.3) is 0 Å². The van der Waals surface area contributed by atoms with Crippen LogP contribution in [0.3, 0.4) is 0 Å². The highest BCUT2D eigenvalue weighted by atomic mass is 35.5. The molecule has 2 aliphatic carbocycles. The predicted octanol–water partition coefficient (Wildman–Crippen LogP) is 11.9. The molecule has 32 atom stereocenters. The number of nitrogens with two attached hydrogens (primary N) is 1. The third kappa shape index (κ3) is 38.1. The highest BCUT2D eigenvalue weighted by Gasteiger charge is 2.56. The minimum atomic E-state index is -2.44. The fourth-order valence-corrected chi connectivity index (χ4v) is 20.9. The first kappa shape index (κ1) is 128. The Hall–Kier alpha value is -7.21. The summed E-state index contributed by atoms with van der Waals surface area (Å²) in [6.07, 6.45) is 21.4. The standard InChI is InChI=1S/C53H84N2O15.C51H81NO13.C2H5NO3.CH4.ClH/c1-31-16-12-11-13-17-32(2)43(65-8)28-39-21-19-37(7)53(64,70-39)50(61)51(62)55-23-15-14-18-40(55)52(63)69-44(34(4)26-38-20-22-41(56)45(27-38)66-9)29-42(57)33(3)25-36(6)48(60)49(67-10)47(35(5)24-31)54-68-30-46(58)59;1-30-16-12-11-13-17-31(2)42(61-8)28-38-21-19-36(7)51(60,65-38)48(57)49(58)52-23-15-14-18-39(52)50(59)64-43(33(4)26-37-20-22-40(53)44(27-37)62-9)29-41(54)32(3)25-35(6)46(56)47(63-10)45(55)34(5)24-30;3-6-1-2(4)5;;/h11-13,16-17,25,31,33-35,37-45,48-49,56-57,60,64H,14-15,18-24,26-30H2,1-10H3,(H,58,59);11-13,16-17,25,30,32-34,36-44,46-47,53-54,56,60H,14-15,18-24,26-29H2,1-10H3;1,3H2,(H,4,5);1H4;1H/b13-11+,16-12+,32-17+,36-25+,54-47?;13-11+,16-12+,31-17+,35-25+;;;/t31-,33-,34-,35-,37-,38+,39+,40+,41-,42-,43+,44+,45-,48-,49+,53-;30-,32-,33-,34-,36-,37+,38+,39+,40-,41-,42+,43+,44-,46-,47+,51-;;;/m11.../s1. The fraction of sp³-hybridized carbons (Fsp3) is 0.757. The second-order valence-corrected chi connectivity index (χ2v) is 41.1. The molecule has 2 amide bonds. The molecule has 6 fully saturated rings. The van der Waals surface area contributed by atoms with E-state index < -0.39 is 199 Å². The molecule has 0 aromatic heterocycles. The van der Waals surface area contributed by atoms with Gasteiger partial charge in [0, 0.05) is 117 Å². The molecule has 8 aliphatic rings. The number of halogens is 1. The fourth-order valence-electron chi connectivity index (χ4n) is 20.9. The molecule has 36 heteroatoms. The number of methoxy groups -OCH3 is 6. The van der Waals surface area contributed by atoms with Gasteiger partial charge >= 0.3 is 23.9 Å². The highest BCUT2D eigenvalue weighted by Crippen LogP contribution is 2.42. The number of rotatable bonds is 17. The predicted molar refractivity (Wildman–Crippen MR) is 540 cm³/mol. The molecular weight excluding hydrogens is 1870 g/mol. The summed E-state index contributed by atoms with van der Waals surface area (Å²) >= 11 is 0. The van der Waals surface area contributed by atoms with E-state index in [9.17, 15) is 89.1 Å². The van der Waals surface area contributed by atoms with Gasteiger partial charge in [-0.05, 0) is 214 Å². The van der Waals surface area contributed by atoms with E-state index in [4.69, 9.17) is 57.3 Å². The summed E-state index contributed by atoms with van der Waals surface area (Å²) in [5, 5.41) is 113. The number of piperidine rings is 2. The van der Waals surface area contributed by atoms with E-state index in [1.165, 1.54) is 24.0 Å². The van der Waals surface area contributed by atoms with E-state index in [-0.39, 0.29) is 118 Å². The van der Waals surface area contributed by atoms with Crippen molar-refractivity contribution in [3.8, 4) is 0 Å². The van der Waals surface area contributed by atoms with Gasteiger partial charge in [0.05, 0.1) is 66.8 Å². The number of oxime groups is 1. The number of aliphatic hydroxyl groups is 8. The number of Topliss-reactive ketones (excluding diaryl/α,β-unsaturated/α-hetero) is 3. The number of aliphatic carboxylic acids is 2. The topological polar surface area (TPSA) is 512 Å². The molecule has 8 rings (SSSR count). The maximum absolute atomic E-state index is 14.5. The molecule has 0 radical (unpaired) electrons. The van der Waals surface area contributed by atoms with Crippen LogP contribution in [0.2, 0.25) is 0 Å². The van der Waals surface area contributed by atoms with Crippen molar-refractivity contribution in [2.75, 3.05) is 69.0 Å². The minimum absolute atomic E-state index is 0. The third-order valence-corrected chi connectivity index (χ3v) is 29.9. The van der Waals surface area contributed by atoms with E-state index in [1.54, 1.807) is 82.1 Å². The number of carbonyl (C=O) groups is 9. The van der Waals surface area contributed by atoms with Crippen molar-refractivity contribution >= 4 is 71.2 Å². The molecule has 12 N–H and O–H groups in total. The molecule has 4 saturated heterocycles. The van der Waals surface area contributed by atoms with Crippen molar-refractivity contribution in [1.29, 1.82) is 0 Å². The summed E-state index contributed by atoms with van der Waals surface area (Å²) in [6.45, 7) is 24.8. The average molecular weight is 2050 g/mol. The first-order chi connectivity index (χ1) is 66.7. The highest BCUT2D eigenvalue weighted by molar-refractivity contribution is 6.39. The molecule has 6 heterocycles. The van der Waals surface area contributed by atoms with Crippen LogP contribution in [0.4, 0.5) is 0 Å². The number of ketones is 3. The number of amides is 2. The normalized spacial score (nSPS) is 38.7. The minimum Gasteiger partial charge on any atom is -0.479 e. The van der Waals surface area contributed by atoms with Gasteiger partial charge in [-0.1, -0.05) is 155 Å². The average Bonchev–Trinajstić information content (AvgIpc) is 0.779. The Morgan fingerprint density at radius 2 is 0.860 bits per heavy atom.